The number of nitrogens with one attached hydrogen (secondary N) is 1. The topological polar surface area (TPSA) is 15.3 Å². The van der Waals surface area contributed by atoms with E-state index in [1.807, 2.05) is 19.2 Å². The molecule has 1 N–H and O–H groups in total. The van der Waals surface area contributed by atoms with Gasteiger partial charge in [-0.2, -0.15) is 0 Å². The average Bonchev–Trinajstić information content (AvgIpc) is 2.30. The van der Waals surface area contributed by atoms with E-state index < -0.39 is 0 Å². The molecule has 0 bridgehead atoms. The molecule has 2 rings (SSSR count). The number of halogens is 1. The maximum absolute atomic E-state index is 13.9. The van der Waals surface area contributed by atoms with Gasteiger partial charge in [-0.05, 0) is 58.3 Å². The smallest absolute Gasteiger partial charge is 0.146 e. The van der Waals surface area contributed by atoms with Crippen molar-refractivity contribution >= 4 is 5.69 Å². The molecule has 3 heteroatoms. The van der Waals surface area contributed by atoms with E-state index in [-0.39, 0.29) is 11.4 Å². The zero-order valence-corrected chi connectivity index (χ0v) is 11.5. The first-order valence-electron chi connectivity index (χ1n) is 6.71. The van der Waals surface area contributed by atoms with Crippen LogP contribution in [0.1, 0.15) is 26.7 Å². The summed E-state index contributed by atoms with van der Waals surface area (Å²) in [6.07, 6.45) is 2.22. The Morgan fingerprint density at radius 2 is 2.11 bits per heavy atom. The Hall–Kier alpha value is -1.09. The Morgan fingerprint density at radius 3 is 2.72 bits per heavy atom. The van der Waals surface area contributed by atoms with Gasteiger partial charge < -0.3 is 10.2 Å². The second kappa shape index (κ2) is 5.27. The highest BCUT2D eigenvalue weighted by molar-refractivity contribution is 5.50. The lowest BCUT2D eigenvalue weighted by atomic mass is 9.82. The van der Waals surface area contributed by atoms with Crippen molar-refractivity contribution in [1.29, 1.82) is 0 Å². The lowest BCUT2D eigenvalue weighted by Gasteiger charge is -2.47. The number of hydrogen-bond donors (Lipinski definition) is 1. The first-order valence-corrected chi connectivity index (χ1v) is 6.71. The molecule has 1 saturated heterocycles. The van der Waals surface area contributed by atoms with Gasteiger partial charge >= 0.3 is 0 Å². The summed E-state index contributed by atoms with van der Waals surface area (Å²) < 4.78 is 13.9. The van der Waals surface area contributed by atoms with E-state index in [1.165, 1.54) is 0 Å². The van der Waals surface area contributed by atoms with Crippen molar-refractivity contribution in [2.45, 2.75) is 32.2 Å². The summed E-state index contributed by atoms with van der Waals surface area (Å²) >= 11 is 0. The third-order valence-corrected chi connectivity index (χ3v) is 3.92. The Kier molecular flexibility index (Phi) is 3.91. The minimum atomic E-state index is -0.113. The summed E-state index contributed by atoms with van der Waals surface area (Å²) in [5.41, 5.74) is 0.757. The van der Waals surface area contributed by atoms with Gasteiger partial charge in [-0.15, -0.1) is 0 Å². The number of rotatable bonds is 3. The number of nitrogens with zero attached hydrogens (tertiary/aromatic N) is 1. The maximum atomic E-state index is 13.9. The fourth-order valence-electron chi connectivity index (χ4n) is 3.11. The highest BCUT2D eigenvalue weighted by atomic mass is 19.1. The minimum absolute atomic E-state index is 0.0158. The zero-order chi connectivity index (χ0) is 13.2. The van der Waals surface area contributed by atoms with E-state index in [9.17, 15) is 4.39 Å². The van der Waals surface area contributed by atoms with Gasteiger partial charge in [-0.25, -0.2) is 4.39 Å². The van der Waals surface area contributed by atoms with Crippen molar-refractivity contribution in [2.24, 2.45) is 5.92 Å². The lowest BCUT2D eigenvalue weighted by Crippen LogP contribution is -2.51. The second-order valence-electron chi connectivity index (χ2n) is 5.83. The monoisotopic (exact) mass is 250 g/mol. The van der Waals surface area contributed by atoms with Crippen LogP contribution in [0.25, 0.3) is 0 Å². The molecule has 1 heterocycles. The molecule has 18 heavy (non-hydrogen) atoms. The van der Waals surface area contributed by atoms with Gasteiger partial charge in [0.2, 0.25) is 0 Å². The number of benzene rings is 1. The first kappa shape index (κ1) is 13.3. The van der Waals surface area contributed by atoms with Crippen LogP contribution in [0.15, 0.2) is 24.3 Å². The number of para-hydroxylation sites is 1. The quantitative estimate of drug-likeness (QED) is 0.887. The number of hydrogen-bond acceptors (Lipinski definition) is 2. The van der Waals surface area contributed by atoms with Gasteiger partial charge in [0.25, 0.3) is 0 Å². The van der Waals surface area contributed by atoms with Crippen LogP contribution in [0.3, 0.4) is 0 Å². The van der Waals surface area contributed by atoms with E-state index in [0.29, 0.717) is 5.92 Å². The van der Waals surface area contributed by atoms with E-state index in [1.54, 1.807) is 12.1 Å². The molecular formula is C15H23FN2. The van der Waals surface area contributed by atoms with Gasteiger partial charge in [0.15, 0.2) is 0 Å². The average molecular weight is 250 g/mol. The van der Waals surface area contributed by atoms with Crippen molar-refractivity contribution in [2.75, 3.05) is 25.0 Å². The molecule has 0 spiro atoms. The number of piperidine rings is 1. The Balaban J connectivity index is 2.18. The van der Waals surface area contributed by atoms with Crippen molar-refractivity contribution < 1.29 is 4.39 Å². The molecule has 1 aromatic rings. The van der Waals surface area contributed by atoms with E-state index in [2.05, 4.69) is 24.1 Å². The predicted octanol–water partition coefficient (Wildman–Crippen LogP) is 3.04. The molecule has 100 valence electrons. The van der Waals surface area contributed by atoms with Crippen LogP contribution >= 0.6 is 0 Å². The van der Waals surface area contributed by atoms with Crippen LogP contribution in [0.4, 0.5) is 10.1 Å². The minimum Gasteiger partial charge on any atom is -0.364 e. The third-order valence-electron chi connectivity index (χ3n) is 3.92. The number of anilines is 1. The van der Waals surface area contributed by atoms with Gasteiger partial charge in [-0.3, -0.25) is 0 Å². The van der Waals surface area contributed by atoms with Crippen LogP contribution in [-0.2, 0) is 0 Å². The zero-order valence-electron chi connectivity index (χ0n) is 11.5. The third kappa shape index (κ3) is 2.66. The Labute approximate surface area is 109 Å². The highest BCUT2D eigenvalue weighted by Gasteiger charge is 2.35. The van der Waals surface area contributed by atoms with E-state index in [0.717, 1.165) is 31.6 Å². The molecule has 0 saturated carbocycles. The molecular weight excluding hydrogens is 227 g/mol. The molecule has 0 amide bonds. The van der Waals surface area contributed by atoms with Crippen LogP contribution in [0.5, 0.6) is 0 Å². The van der Waals surface area contributed by atoms with Gasteiger partial charge in [0, 0.05) is 12.1 Å². The second-order valence-corrected chi connectivity index (χ2v) is 5.83. The Bertz CT molecular complexity index is 403. The van der Waals surface area contributed by atoms with Crippen molar-refractivity contribution in [3.63, 3.8) is 0 Å². The fraction of sp³-hybridized carbons (Fsp3) is 0.600. The summed E-state index contributed by atoms with van der Waals surface area (Å²) in [6, 6.07) is 7.09. The van der Waals surface area contributed by atoms with Crippen LogP contribution in [0.2, 0.25) is 0 Å². The molecule has 1 fully saturated rings. The molecule has 0 radical (unpaired) electrons. The fourth-order valence-corrected chi connectivity index (χ4v) is 3.11. The summed E-state index contributed by atoms with van der Waals surface area (Å²) in [7, 11) is 2.00. The predicted molar refractivity (Wildman–Crippen MR) is 74.5 cm³/mol. The normalized spacial score (nSPS) is 23.1. The summed E-state index contributed by atoms with van der Waals surface area (Å²) in [5.74, 6) is 0.575. The largest absolute Gasteiger partial charge is 0.364 e. The van der Waals surface area contributed by atoms with Crippen LogP contribution in [0, 0.1) is 11.7 Å². The molecule has 1 aromatic carbocycles. The molecule has 1 aliphatic heterocycles. The lowest BCUT2D eigenvalue weighted by molar-refractivity contribution is 0.268. The molecule has 1 atom stereocenters. The van der Waals surface area contributed by atoms with Crippen LogP contribution in [-0.4, -0.2) is 25.7 Å². The van der Waals surface area contributed by atoms with Gasteiger partial charge in [-0.1, -0.05) is 12.1 Å². The molecule has 0 aliphatic carbocycles. The SMILES string of the molecule is CNCC1CCN(c2ccccc2F)C(C)(C)C1. The first-order chi connectivity index (χ1) is 8.54. The van der Waals surface area contributed by atoms with Gasteiger partial charge in [0.05, 0.1) is 5.69 Å². The molecule has 1 aliphatic rings. The van der Waals surface area contributed by atoms with E-state index >= 15 is 0 Å². The van der Waals surface area contributed by atoms with Crippen molar-refractivity contribution in [3.05, 3.63) is 30.1 Å². The molecule has 1 unspecified atom stereocenters. The van der Waals surface area contributed by atoms with E-state index in [4.69, 9.17) is 0 Å². The molecule has 2 nitrogen and oxygen atoms in total. The summed E-state index contributed by atoms with van der Waals surface area (Å²) in [5, 5.41) is 3.25. The van der Waals surface area contributed by atoms with Crippen molar-refractivity contribution in [3.8, 4) is 0 Å². The highest BCUT2D eigenvalue weighted by Crippen LogP contribution is 2.36. The van der Waals surface area contributed by atoms with Gasteiger partial charge in [0.1, 0.15) is 5.82 Å². The standard InChI is InChI=1S/C15H23FN2/c1-15(2)10-12(11-17-3)8-9-18(15)14-7-5-4-6-13(14)16/h4-7,12,17H,8-11H2,1-3H3. The summed E-state index contributed by atoms with van der Waals surface area (Å²) in [4.78, 5) is 2.22. The van der Waals surface area contributed by atoms with Crippen LogP contribution < -0.4 is 10.2 Å². The molecule has 0 aromatic heterocycles. The van der Waals surface area contributed by atoms with Crippen molar-refractivity contribution in [1.82, 2.24) is 5.32 Å². The summed E-state index contributed by atoms with van der Waals surface area (Å²) in [6.45, 7) is 6.40. The maximum Gasteiger partial charge on any atom is 0.146 e. The Morgan fingerprint density at radius 1 is 1.39 bits per heavy atom.